The van der Waals surface area contributed by atoms with Crippen LogP contribution in [0.5, 0.6) is 0 Å². The Balaban J connectivity index is 1.96. The lowest BCUT2D eigenvalue weighted by atomic mass is 10.0. The number of carboxylic acid groups (broad SMARTS) is 1. The monoisotopic (exact) mass is 444 g/mol. The van der Waals surface area contributed by atoms with Crippen molar-refractivity contribution in [2.75, 3.05) is 0 Å². The van der Waals surface area contributed by atoms with Crippen LogP contribution >= 0.6 is 0 Å². The van der Waals surface area contributed by atoms with Gasteiger partial charge in [0.2, 0.25) is 0 Å². The number of amides is 1. The van der Waals surface area contributed by atoms with Crippen LogP contribution in [-0.2, 0) is 6.18 Å². The van der Waals surface area contributed by atoms with Gasteiger partial charge in [0.15, 0.2) is 6.04 Å². The largest absolute Gasteiger partial charge is 0.478 e. The first-order valence-electron chi connectivity index (χ1n) is 8.69. The lowest BCUT2D eigenvalue weighted by Crippen LogP contribution is -2.38. The molecule has 0 saturated carbocycles. The van der Waals surface area contributed by atoms with Crippen molar-refractivity contribution >= 4 is 22.8 Å². The minimum Gasteiger partial charge on any atom is -0.478 e. The van der Waals surface area contributed by atoms with Gasteiger partial charge < -0.3 is 15.4 Å². The topological polar surface area (TPSA) is 82.2 Å². The zero-order valence-electron chi connectivity index (χ0n) is 15.7. The molecule has 0 aliphatic heterocycles. The fourth-order valence-electron chi connectivity index (χ4n) is 3.10. The molecule has 1 unspecified atom stereocenters. The van der Waals surface area contributed by atoms with Gasteiger partial charge in [-0.25, -0.2) is 4.79 Å². The van der Waals surface area contributed by atoms with Crippen molar-refractivity contribution in [2.45, 2.75) is 25.3 Å². The highest BCUT2D eigenvalue weighted by molar-refractivity contribution is 6.01. The SMILES string of the molecule is Cc1cc2[nH]c(C(=O)NC(c3cccc(C(F)(F)F)c3)C(F)(F)F)cc2cc1C(=O)O. The molecule has 5 nitrogen and oxygen atoms in total. The zero-order valence-corrected chi connectivity index (χ0v) is 15.7. The van der Waals surface area contributed by atoms with E-state index in [1.807, 2.05) is 0 Å². The fraction of sp³-hybridized carbons (Fsp3) is 0.200. The van der Waals surface area contributed by atoms with E-state index in [0.29, 0.717) is 23.2 Å². The third-order valence-corrected chi connectivity index (χ3v) is 4.59. The highest BCUT2D eigenvalue weighted by Crippen LogP contribution is 2.36. The normalized spacial score (nSPS) is 13.3. The number of benzene rings is 2. The molecule has 0 bridgehead atoms. The molecule has 0 saturated heterocycles. The first-order chi connectivity index (χ1) is 14.3. The summed E-state index contributed by atoms with van der Waals surface area (Å²) in [4.78, 5) is 26.3. The predicted octanol–water partition coefficient (Wildman–Crippen LogP) is 5.23. The van der Waals surface area contributed by atoms with Crippen molar-refractivity contribution in [3.8, 4) is 0 Å². The van der Waals surface area contributed by atoms with E-state index in [-0.39, 0.29) is 16.6 Å². The molecule has 3 N–H and O–H groups in total. The number of aryl methyl sites for hydroxylation is 1. The molecule has 0 aliphatic rings. The van der Waals surface area contributed by atoms with Gasteiger partial charge in [-0.3, -0.25) is 4.79 Å². The van der Waals surface area contributed by atoms with Crippen molar-refractivity contribution in [3.05, 3.63) is 70.4 Å². The smallest absolute Gasteiger partial charge is 0.416 e. The summed E-state index contributed by atoms with van der Waals surface area (Å²) in [5.41, 5.74) is -1.73. The van der Waals surface area contributed by atoms with Crippen LogP contribution < -0.4 is 5.32 Å². The maximum atomic E-state index is 13.5. The van der Waals surface area contributed by atoms with Crippen molar-refractivity contribution in [2.24, 2.45) is 0 Å². The molecule has 1 heterocycles. The van der Waals surface area contributed by atoms with E-state index in [1.165, 1.54) is 19.1 Å². The standard InChI is InChI=1S/C20H14F6N2O3/c1-9-5-14-11(7-13(9)18(30)31)8-15(27-14)17(29)28-16(20(24,25)26)10-3-2-4-12(6-10)19(21,22)23/h2-8,16,27H,1H3,(H,28,29)(H,30,31). The number of hydrogen-bond acceptors (Lipinski definition) is 2. The Morgan fingerprint density at radius 1 is 1.03 bits per heavy atom. The maximum Gasteiger partial charge on any atom is 0.416 e. The zero-order chi connectivity index (χ0) is 23.1. The Morgan fingerprint density at radius 2 is 1.71 bits per heavy atom. The van der Waals surface area contributed by atoms with Crippen LogP contribution in [0, 0.1) is 6.92 Å². The molecule has 0 fully saturated rings. The summed E-state index contributed by atoms with van der Waals surface area (Å²) in [6.45, 7) is 1.51. The van der Waals surface area contributed by atoms with Gasteiger partial charge in [-0.05, 0) is 48.4 Å². The average Bonchev–Trinajstić information content (AvgIpc) is 3.06. The highest BCUT2D eigenvalue weighted by atomic mass is 19.4. The second-order valence-corrected chi connectivity index (χ2v) is 6.81. The quantitative estimate of drug-likeness (QED) is 0.482. The molecule has 3 aromatic rings. The van der Waals surface area contributed by atoms with E-state index in [1.54, 1.807) is 5.32 Å². The van der Waals surface area contributed by atoms with Gasteiger partial charge in [-0.15, -0.1) is 0 Å². The predicted molar refractivity (Wildman–Crippen MR) is 97.7 cm³/mol. The van der Waals surface area contributed by atoms with Gasteiger partial charge in [-0.1, -0.05) is 12.1 Å². The highest BCUT2D eigenvalue weighted by Gasteiger charge is 2.43. The molecule has 164 valence electrons. The molecule has 1 amide bonds. The molecule has 31 heavy (non-hydrogen) atoms. The summed E-state index contributed by atoms with van der Waals surface area (Å²) >= 11 is 0. The number of hydrogen-bond donors (Lipinski definition) is 3. The van der Waals surface area contributed by atoms with Crippen LogP contribution in [0.2, 0.25) is 0 Å². The summed E-state index contributed by atoms with van der Waals surface area (Å²) in [5.74, 6) is -2.43. The van der Waals surface area contributed by atoms with Gasteiger partial charge in [-0.2, -0.15) is 26.3 Å². The number of alkyl halides is 6. The number of halogens is 6. The van der Waals surface area contributed by atoms with Gasteiger partial charge >= 0.3 is 18.3 Å². The molecule has 2 aromatic carbocycles. The van der Waals surface area contributed by atoms with Crippen molar-refractivity contribution in [1.82, 2.24) is 10.3 Å². The van der Waals surface area contributed by atoms with E-state index >= 15 is 0 Å². The van der Waals surface area contributed by atoms with Crippen LogP contribution in [0.25, 0.3) is 10.9 Å². The molecule has 0 spiro atoms. The number of aromatic carboxylic acids is 1. The molecular weight excluding hydrogens is 430 g/mol. The van der Waals surface area contributed by atoms with Crippen molar-refractivity contribution in [3.63, 3.8) is 0 Å². The summed E-state index contributed by atoms with van der Waals surface area (Å²) in [6.07, 6.45) is -9.92. The van der Waals surface area contributed by atoms with Crippen molar-refractivity contribution < 1.29 is 41.0 Å². The Hall–Kier alpha value is -3.50. The first kappa shape index (κ1) is 22.2. The van der Waals surface area contributed by atoms with Gasteiger partial charge in [0.05, 0.1) is 11.1 Å². The number of nitrogens with one attached hydrogen (secondary N) is 2. The lowest BCUT2D eigenvalue weighted by molar-refractivity contribution is -0.156. The average molecular weight is 444 g/mol. The summed E-state index contributed by atoms with van der Waals surface area (Å²) in [6, 6.07) is 3.76. The van der Waals surface area contributed by atoms with Gasteiger partial charge in [0.25, 0.3) is 5.91 Å². The van der Waals surface area contributed by atoms with E-state index in [4.69, 9.17) is 5.11 Å². The van der Waals surface area contributed by atoms with Crippen LogP contribution in [0.4, 0.5) is 26.3 Å². The van der Waals surface area contributed by atoms with Crippen LogP contribution in [0.1, 0.15) is 43.6 Å². The number of carbonyl (C=O) groups is 2. The van der Waals surface area contributed by atoms with Crippen LogP contribution in [-0.4, -0.2) is 28.1 Å². The summed E-state index contributed by atoms with van der Waals surface area (Å²) in [7, 11) is 0. The third-order valence-electron chi connectivity index (χ3n) is 4.59. The number of carbonyl (C=O) groups excluding carboxylic acids is 1. The second kappa shape index (κ2) is 7.64. The summed E-state index contributed by atoms with van der Waals surface area (Å²) in [5, 5.41) is 11.1. The van der Waals surface area contributed by atoms with Gasteiger partial charge in [0.1, 0.15) is 5.69 Å². The molecule has 0 radical (unpaired) electrons. The van der Waals surface area contributed by atoms with Gasteiger partial charge in [0, 0.05) is 10.9 Å². The minimum absolute atomic E-state index is 0.0457. The number of rotatable bonds is 4. The maximum absolute atomic E-state index is 13.5. The molecular formula is C20H14F6N2O3. The number of aromatic nitrogens is 1. The lowest BCUT2D eigenvalue weighted by Gasteiger charge is -2.22. The third kappa shape index (κ3) is 4.65. The Bertz CT molecular complexity index is 1160. The summed E-state index contributed by atoms with van der Waals surface area (Å²) < 4.78 is 79.3. The Kier molecular flexibility index (Phi) is 5.47. The van der Waals surface area contributed by atoms with Crippen LogP contribution in [0.15, 0.2) is 42.5 Å². The molecule has 1 atom stereocenters. The first-order valence-corrected chi connectivity index (χ1v) is 8.69. The van der Waals surface area contributed by atoms with E-state index in [2.05, 4.69) is 4.98 Å². The van der Waals surface area contributed by atoms with E-state index in [0.717, 1.165) is 18.2 Å². The number of H-pyrrole nitrogens is 1. The molecule has 0 aliphatic carbocycles. The Morgan fingerprint density at radius 3 is 2.29 bits per heavy atom. The number of aromatic amines is 1. The Labute approximate surface area is 170 Å². The number of carboxylic acids is 1. The second-order valence-electron chi connectivity index (χ2n) is 6.81. The fourth-order valence-corrected chi connectivity index (χ4v) is 3.10. The number of fused-ring (bicyclic) bond motifs is 1. The van der Waals surface area contributed by atoms with E-state index in [9.17, 15) is 35.9 Å². The van der Waals surface area contributed by atoms with Crippen molar-refractivity contribution in [1.29, 1.82) is 0 Å². The molecule has 1 aromatic heterocycles. The van der Waals surface area contributed by atoms with Crippen LogP contribution in [0.3, 0.4) is 0 Å². The molecule has 11 heteroatoms. The molecule has 3 rings (SSSR count). The minimum atomic E-state index is -5.07. The van der Waals surface area contributed by atoms with E-state index < -0.39 is 41.4 Å².